The van der Waals surface area contributed by atoms with Crippen LogP contribution >= 0.6 is 0 Å². The molecule has 0 saturated heterocycles. The Morgan fingerprint density at radius 3 is 2.59 bits per heavy atom. The fourth-order valence-corrected chi connectivity index (χ4v) is 1.71. The summed E-state index contributed by atoms with van der Waals surface area (Å²) in [6.07, 6.45) is 0. The molecular formula is C12H15FN4. The minimum absolute atomic E-state index is 0.210. The first kappa shape index (κ1) is 11.6. The van der Waals surface area contributed by atoms with Crippen molar-refractivity contribution in [3.8, 4) is 0 Å². The monoisotopic (exact) mass is 234 g/mol. The number of anilines is 1. The molecule has 1 aromatic heterocycles. The van der Waals surface area contributed by atoms with Gasteiger partial charge in [0.25, 0.3) is 0 Å². The van der Waals surface area contributed by atoms with Gasteiger partial charge in [-0.2, -0.15) is 5.10 Å². The van der Waals surface area contributed by atoms with Crippen LogP contribution in [0.5, 0.6) is 0 Å². The predicted octanol–water partition coefficient (Wildman–Crippen LogP) is 1.76. The average Bonchev–Trinajstić information content (AvgIpc) is 2.67. The molecule has 2 rings (SSSR count). The highest BCUT2D eigenvalue weighted by Crippen LogP contribution is 2.09. The standard InChI is InChI=1S/C12H15FN4/c1-17(8-11-6-12(14)16-15-11)7-9-2-4-10(13)5-3-9/h2-6H,7-8H2,1H3,(H3,14,15,16). The molecule has 0 fully saturated rings. The van der Waals surface area contributed by atoms with Crippen molar-refractivity contribution in [3.63, 3.8) is 0 Å². The summed E-state index contributed by atoms with van der Waals surface area (Å²) in [6, 6.07) is 8.32. The van der Waals surface area contributed by atoms with Crippen molar-refractivity contribution in [2.45, 2.75) is 13.1 Å². The third kappa shape index (κ3) is 3.29. The number of nitrogens with two attached hydrogens (primary N) is 1. The van der Waals surface area contributed by atoms with Crippen molar-refractivity contribution < 1.29 is 4.39 Å². The Hall–Kier alpha value is -1.88. The molecule has 0 aliphatic heterocycles. The second-order valence-electron chi connectivity index (χ2n) is 4.12. The SMILES string of the molecule is CN(Cc1ccc(F)cc1)Cc1cc(N)n[nH]1. The Morgan fingerprint density at radius 2 is 2.00 bits per heavy atom. The maximum absolute atomic E-state index is 12.7. The van der Waals surface area contributed by atoms with Crippen molar-refractivity contribution in [3.05, 3.63) is 47.4 Å². The van der Waals surface area contributed by atoms with Crippen molar-refractivity contribution in [1.29, 1.82) is 0 Å². The van der Waals surface area contributed by atoms with Gasteiger partial charge in [0.05, 0.1) is 5.69 Å². The number of rotatable bonds is 4. The number of aromatic nitrogens is 2. The molecule has 3 N–H and O–H groups in total. The zero-order valence-electron chi connectivity index (χ0n) is 9.65. The van der Waals surface area contributed by atoms with Gasteiger partial charge in [-0.25, -0.2) is 4.39 Å². The number of H-pyrrole nitrogens is 1. The van der Waals surface area contributed by atoms with Gasteiger partial charge in [0, 0.05) is 19.2 Å². The fraction of sp³-hybridized carbons (Fsp3) is 0.250. The lowest BCUT2D eigenvalue weighted by Gasteiger charge is -2.15. The van der Waals surface area contributed by atoms with E-state index < -0.39 is 0 Å². The summed E-state index contributed by atoms with van der Waals surface area (Å²) in [7, 11) is 1.99. The van der Waals surface area contributed by atoms with Crippen LogP contribution in [0.1, 0.15) is 11.3 Å². The molecule has 0 spiro atoms. The molecule has 0 aliphatic rings. The van der Waals surface area contributed by atoms with E-state index in [1.165, 1.54) is 12.1 Å². The van der Waals surface area contributed by atoms with Gasteiger partial charge in [-0.15, -0.1) is 0 Å². The van der Waals surface area contributed by atoms with Crippen LogP contribution in [-0.4, -0.2) is 22.1 Å². The molecule has 2 aromatic rings. The van der Waals surface area contributed by atoms with E-state index in [9.17, 15) is 4.39 Å². The van der Waals surface area contributed by atoms with Gasteiger partial charge in [-0.1, -0.05) is 12.1 Å². The van der Waals surface area contributed by atoms with E-state index in [0.29, 0.717) is 5.82 Å². The Morgan fingerprint density at radius 1 is 1.29 bits per heavy atom. The first-order valence-electron chi connectivity index (χ1n) is 5.36. The van der Waals surface area contributed by atoms with E-state index in [4.69, 9.17) is 5.73 Å². The maximum atomic E-state index is 12.7. The Labute approximate surface area is 99.2 Å². The van der Waals surface area contributed by atoms with Crippen LogP contribution in [-0.2, 0) is 13.1 Å². The van der Waals surface area contributed by atoms with Crippen molar-refractivity contribution in [1.82, 2.24) is 15.1 Å². The minimum atomic E-state index is -0.210. The zero-order chi connectivity index (χ0) is 12.3. The third-order valence-electron chi connectivity index (χ3n) is 2.46. The summed E-state index contributed by atoms with van der Waals surface area (Å²) in [5.41, 5.74) is 7.56. The molecule has 0 atom stereocenters. The number of halogens is 1. The largest absolute Gasteiger partial charge is 0.382 e. The molecule has 5 heteroatoms. The van der Waals surface area contributed by atoms with Gasteiger partial charge in [-0.05, 0) is 24.7 Å². The molecular weight excluding hydrogens is 219 g/mol. The van der Waals surface area contributed by atoms with Gasteiger partial charge in [0.15, 0.2) is 0 Å². The Bertz CT molecular complexity index is 478. The van der Waals surface area contributed by atoms with Crippen molar-refractivity contribution in [2.24, 2.45) is 0 Å². The molecule has 0 saturated carbocycles. The number of hydrogen-bond acceptors (Lipinski definition) is 3. The molecule has 0 bridgehead atoms. The quantitative estimate of drug-likeness (QED) is 0.847. The van der Waals surface area contributed by atoms with Crippen molar-refractivity contribution in [2.75, 3.05) is 12.8 Å². The average molecular weight is 234 g/mol. The lowest BCUT2D eigenvalue weighted by atomic mass is 10.2. The summed E-state index contributed by atoms with van der Waals surface area (Å²) in [6.45, 7) is 1.47. The highest BCUT2D eigenvalue weighted by molar-refractivity contribution is 5.28. The lowest BCUT2D eigenvalue weighted by molar-refractivity contribution is 0.315. The highest BCUT2D eigenvalue weighted by atomic mass is 19.1. The van der Waals surface area contributed by atoms with Gasteiger partial charge < -0.3 is 5.73 Å². The predicted molar refractivity (Wildman–Crippen MR) is 64.6 cm³/mol. The second kappa shape index (κ2) is 4.97. The zero-order valence-corrected chi connectivity index (χ0v) is 9.65. The summed E-state index contributed by atoms with van der Waals surface area (Å²) in [4.78, 5) is 2.10. The van der Waals surface area contributed by atoms with Gasteiger partial charge in [0.1, 0.15) is 11.6 Å². The molecule has 17 heavy (non-hydrogen) atoms. The summed E-state index contributed by atoms with van der Waals surface area (Å²) >= 11 is 0. The van der Waals surface area contributed by atoms with E-state index in [-0.39, 0.29) is 5.82 Å². The summed E-state index contributed by atoms with van der Waals surface area (Å²) in [5, 5.41) is 6.72. The van der Waals surface area contributed by atoms with E-state index in [1.54, 1.807) is 18.2 Å². The normalized spacial score (nSPS) is 11.0. The molecule has 0 aliphatic carbocycles. The van der Waals surface area contributed by atoms with Crippen LogP contribution in [0.15, 0.2) is 30.3 Å². The van der Waals surface area contributed by atoms with Crippen LogP contribution in [0.2, 0.25) is 0 Å². The Kier molecular flexibility index (Phi) is 3.39. The fourth-order valence-electron chi connectivity index (χ4n) is 1.71. The van der Waals surface area contributed by atoms with E-state index >= 15 is 0 Å². The van der Waals surface area contributed by atoms with Crippen LogP contribution in [0.25, 0.3) is 0 Å². The summed E-state index contributed by atoms with van der Waals surface area (Å²) < 4.78 is 12.7. The molecule has 4 nitrogen and oxygen atoms in total. The molecule has 1 aromatic carbocycles. The van der Waals surface area contributed by atoms with E-state index in [2.05, 4.69) is 15.1 Å². The minimum Gasteiger partial charge on any atom is -0.382 e. The van der Waals surface area contributed by atoms with E-state index in [1.807, 2.05) is 7.05 Å². The van der Waals surface area contributed by atoms with Gasteiger partial charge >= 0.3 is 0 Å². The molecule has 90 valence electrons. The topological polar surface area (TPSA) is 57.9 Å². The lowest BCUT2D eigenvalue weighted by Crippen LogP contribution is -2.17. The number of hydrogen-bond donors (Lipinski definition) is 2. The highest BCUT2D eigenvalue weighted by Gasteiger charge is 2.04. The number of benzene rings is 1. The van der Waals surface area contributed by atoms with Crippen molar-refractivity contribution >= 4 is 5.82 Å². The van der Waals surface area contributed by atoms with E-state index in [0.717, 1.165) is 24.3 Å². The number of aromatic amines is 1. The smallest absolute Gasteiger partial charge is 0.145 e. The number of nitrogen functional groups attached to an aromatic ring is 1. The first-order chi connectivity index (χ1) is 8.13. The number of nitrogens with zero attached hydrogens (tertiary/aromatic N) is 2. The molecule has 0 unspecified atom stereocenters. The van der Waals surface area contributed by atoms with Crippen LogP contribution in [0.4, 0.5) is 10.2 Å². The van der Waals surface area contributed by atoms with Crippen LogP contribution < -0.4 is 5.73 Å². The second-order valence-corrected chi connectivity index (χ2v) is 4.12. The van der Waals surface area contributed by atoms with Gasteiger partial charge in [-0.3, -0.25) is 10.00 Å². The van der Waals surface area contributed by atoms with Crippen LogP contribution in [0.3, 0.4) is 0 Å². The van der Waals surface area contributed by atoms with Gasteiger partial charge in [0.2, 0.25) is 0 Å². The van der Waals surface area contributed by atoms with Crippen LogP contribution in [0, 0.1) is 5.82 Å². The maximum Gasteiger partial charge on any atom is 0.145 e. The molecule has 0 amide bonds. The Balaban J connectivity index is 1.93. The third-order valence-corrected chi connectivity index (χ3v) is 2.46. The first-order valence-corrected chi connectivity index (χ1v) is 5.36. The molecule has 1 heterocycles. The number of nitrogens with one attached hydrogen (secondary N) is 1. The summed E-state index contributed by atoms with van der Waals surface area (Å²) in [5.74, 6) is 0.285. The molecule has 0 radical (unpaired) electrons.